The molecule has 1 aliphatic heterocycles. The zero-order valence-corrected chi connectivity index (χ0v) is 22.5. The van der Waals surface area contributed by atoms with E-state index in [1.54, 1.807) is 11.3 Å². The Morgan fingerprint density at radius 1 is 1.13 bits per heavy atom. The number of carbonyl (C=O) groups excluding carboxylic acids is 1. The van der Waals surface area contributed by atoms with Gasteiger partial charge in [-0.15, -0.1) is 11.3 Å². The molecule has 1 N–H and O–H groups in total. The van der Waals surface area contributed by atoms with E-state index in [4.69, 9.17) is 19.4 Å². The van der Waals surface area contributed by atoms with Crippen LogP contribution < -0.4 is 10.1 Å². The maximum atomic E-state index is 11.7. The molecular weight excluding hydrogens is 498 g/mol. The number of nitrogens with zero attached hydrogens (tertiary/aromatic N) is 4. The van der Waals surface area contributed by atoms with Crippen molar-refractivity contribution in [3.8, 4) is 17.7 Å². The van der Waals surface area contributed by atoms with Crippen molar-refractivity contribution >= 4 is 33.5 Å². The van der Waals surface area contributed by atoms with Crippen LogP contribution >= 0.6 is 11.3 Å². The van der Waals surface area contributed by atoms with Gasteiger partial charge in [0, 0.05) is 25.7 Å². The van der Waals surface area contributed by atoms with Crippen molar-refractivity contribution in [2.45, 2.75) is 39.3 Å². The number of carbonyl (C=O) groups is 1. The van der Waals surface area contributed by atoms with E-state index in [-0.39, 0.29) is 12.0 Å². The van der Waals surface area contributed by atoms with Gasteiger partial charge >= 0.3 is 5.97 Å². The lowest BCUT2D eigenvalue weighted by Crippen LogP contribution is -2.39. The number of nitriles is 1. The standard InChI is InChI=1S/C29H29N5O3S/c1-18-14-21(16-30)15-19(2)25(18)37-27-26-24(10-13-38-26)32-29(33-27)31-23-8-11-34(12-9-23)17-20-4-6-22(7-5-20)28(35)36-3/h4-7,10,13-15,23H,8-9,11-12,17H2,1-3H3,(H,31,32,33). The highest BCUT2D eigenvalue weighted by molar-refractivity contribution is 7.17. The van der Waals surface area contributed by atoms with Crippen LogP contribution in [0.25, 0.3) is 10.2 Å². The third-order valence-electron chi connectivity index (χ3n) is 6.76. The minimum Gasteiger partial charge on any atom is -0.465 e. The van der Waals surface area contributed by atoms with Gasteiger partial charge in [0.1, 0.15) is 10.4 Å². The van der Waals surface area contributed by atoms with E-state index < -0.39 is 0 Å². The van der Waals surface area contributed by atoms with Crippen LogP contribution in [-0.4, -0.2) is 47.1 Å². The van der Waals surface area contributed by atoms with Crippen molar-refractivity contribution in [1.82, 2.24) is 14.9 Å². The number of anilines is 1. The molecule has 5 rings (SSSR count). The zero-order chi connectivity index (χ0) is 26.6. The molecule has 9 heteroatoms. The number of aromatic nitrogens is 2. The van der Waals surface area contributed by atoms with E-state index >= 15 is 0 Å². The summed E-state index contributed by atoms with van der Waals surface area (Å²) >= 11 is 1.55. The molecule has 1 fully saturated rings. The van der Waals surface area contributed by atoms with E-state index in [2.05, 4.69) is 16.3 Å². The number of hydrogen-bond donors (Lipinski definition) is 1. The van der Waals surface area contributed by atoms with Crippen molar-refractivity contribution in [3.63, 3.8) is 0 Å². The number of benzene rings is 2. The number of aryl methyl sites for hydroxylation is 2. The van der Waals surface area contributed by atoms with Gasteiger partial charge in [-0.1, -0.05) is 12.1 Å². The molecule has 0 amide bonds. The molecule has 0 saturated carbocycles. The van der Waals surface area contributed by atoms with Crippen molar-refractivity contribution in [3.05, 3.63) is 75.7 Å². The molecular formula is C29H29N5O3S. The Balaban J connectivity index is 1.24. The lowest BCUT2D eigenvalue weighted by Gasteiger charge is -2.32. The number of likely N-dealkylation sites (tertiary alicyclic amines) is 1. The van der Waals surface area contributed by atoms with Crippen LogP contribution in [0.3, 0.4) is 0 Å². The van der Waals surface area contributed by atoms with Gasteiger partial charge in [-0.2, -0.15) is 10.2 Å². The molecule has 4 aromatic rings. The van der Waals surface area contributed by atoms with Gasteiger partial charge in [0.2, 0.25) is 11.8 Å². The first-order chi connectivity index (χ1) is 18.4. The van der Waals surface area contributed by atoms with Crippen LogP contribution in [0.2, 0.25) is 0 Å². The Kier molecular flexibility index (Phi) is 7.54. The van der Waals surface area contributed by atoms with Crippen LogP contribution in [0.15, 0.2) is 47.8 Å². The number of piperidine rings is 1. The molecule has 2 aromatic heterocycles. The molecule has 0 unspecified atom stereocenters. The molecule has 3 heterocycles. The number of ether oxygens (including phenoxy) is 2. The number of esters is 1. The second-order valence-electron chi connectivity index (χ2n) is 9.52. The minimum atomic E-state index is -0.318. The highest BCUT2D eigenvalue weighted by atomic mass is 32.1. The number of methoxy groups -OCH3 is 1. The minimum absolute atomic E-state index is 0.260. The summed E-state index contributed by atoms with van der Waals surface area (Å²) in [5, 5.41) is 14.8. The van der Waals surface area contributed by atoms with Crippen LogP contribution in [-0.2, 0) is 11.3 Å². The smallest absolute Gasteiger partial charge is 0.337 e. The van der Waals surface area contributed by atoms with Gasteiger partial charge in [0.05, 0.1) is 29.8 Å². The maximum absolute atomic E-state index is 11.7. The Labute approximate surface area is 225 Å². The SMILES string of the molecule is COC(=O)c1ccc(CN2CCC(Nc3nc(Oc4c(C)cc(C#N)cc4C)c4sccc4n3)CC2)cc1. The number of fused-ring (bicyclic) bond motifs is 1. The number of hydrogen-bond acceptors (Lipinski definition) is 9. The molecule has 1 aliphatic rings. The Hall–Kier alpha value is -4.00. The molecule has 194 valence electrons. The first-order valence-corrected chi connectivity index (χ1v) is 13.4. The van der Waals surface area contributed by atoms with Gasteiger partial charge < -0.3 is 14.8 Å². The first-order valence-electron chi connectivity index (χ1n) is 12.5. The summed E-state index contributed by atoms with van der Waals surface area (Å²) in [5.41, 5.74) is 4.99. The predicted molar refractivity (Wildman–Crippen MR) is 148 cm³/mol. The predicted octanol–water partition coefficient (Wildman–Crippen LogP) is 5.84. The molecule has 1 saturated heterocycles. The summed E-state index contributed by atoms with van der Waals surface area (Å²) in [6.07, 6.45) is 1.94. The maximum Gasteiger partial charge on any atom is 0.337 e. The van der Waals surface area contributed by atoms with Gasteiger partial charge in [-0.3, -0.25) is 4.90 Å². The molecule has 0 aliphatic carbocycles. The zero-order valence-electron chi connectivity index (χ0n) is 21.7. The quantitative estimate of drug-likeness (QED) is 0.300. The van der Waals surface area contributed by atoms with Gasteiger partial charge in [-0.05, 0) is 79.1 Å². The number of thiophene rings is 1. The fourth-order valence-corrected chi connectivity index (χ4v) is 5.54. The number of rotatable bonds is 7. The fourth-order valence-electron chi connectivity index (χ4n) is 4.78. The average molecular weight is 528 g/mol. The summed E-state index contributed by atoms with van der Waals surface area (Å²) in [5.74, 6) is 1.49. The second kappa shape index (κ2) is 11.2. The molecule has 38 heavy (non-hydrogen) atoms. The molecule has 8 nitrogen and oxygen atoms in total. The summed E-state index contributed by atoms with van der Waals surface area (Å²) < 4.78 is 12.0. The second-order valence-corrected chi connectivity index (χ2v) is 10.4. The van der Waals surface area contributed by atoms with E-state index in [0.717, 1.165) is 59.6 Å². The topological polar surface area (TPSA) is 100 Å². The molecule has 0 bridgehead atoms. The van der Waals surface area contributed by atoms with Crippen molar-refractivity contribution in [2.75, 3.05) is 25.5 Å². The van der Waals surface area contributed by atoms with Gasteiger partial charge in [-0.25, -0.2) is 9.78 Å². The number of nitrogens with one attached hydrogen (secondary N) is 1. The van der Waals surface area contributed by atoms with Crippen molar-refractivity contribution < 1.29 is 14.3 Å². The summed E-state index contributed by atoms with van der Waals surface area (Å²) in [7, 11) is 1.39. The lowest BCUT2D eigenvalue weighted by atomic mass is 10.0. The summed E-state index contributed by atoms with van der Waals surface area (Å²) in [4.78, 5) is 23.6. The molecule has 0 radical (unpaired) electrons. The van der Waals surface area contributed by atoms with E-state index in [0.29, 0.717) is 23.0 Å². The Bertz CT molecular complexity index is 1480. The first kappa shape index (κ1) is 25.6. The van der Waals surface area contributed by atoms with E-state index in [1.807, 2.05) is 61.7 Å². The Morgan fingerprint density at radius 3 is 2.50 bits per heavy atom. The van der Waals surface area contributed by atoms with E-state index in [9.17, 15) is 10.1 Å². The fraction of sp³-hybridized carbons (Fsp3) is 0.310. The van der Waals surface area contributed by atoms with Gasteiger partial charge in [0.15, 0.2) is 0 Å². The monoisotopic (exact) mass is 527 g/mol. The van der Waals surface area contributed by atoms with E-state index in [1.165, 1.54) is 12.7 Å². The third-order valence-corrected chi connectivity index (χ3v) is 7.65. The van der Waals surface area contributed by atoms with Crippen LogP contribution in [0.4, 0.5) is 5.95 Å². The molecule has 0 atom stereocenters. The molecule has 0 spiro atoms. The Morgan fingerprint density at radius 2 is 1.84 bits per heavy atom. The largest absolute Gasteiger partial charge is 0.465 e. The van der Waals surface area contributed by atoms with Crippen molar-refractivity contribution in [2.24, 2.45) is 0 Å². The van der Waals surface area contributed by atoms with Crippen molar-refractivity contribution in [1.29, 1.82) is 5.26 Å². The summed E-state index contributed by atoms with van der Waals surface area (Å²) in [6.45, 7) is 6.62. The van der Waals surface area contributed by atoms with Gasteiger partial charge in [0.25, 0.3) is 0 Å². The average Bonchev–Trinajstić information content (AvgIpc) is 3.40. The lowest BCUT2D eigenvalue weighted by molar-refractivity contribution is 0.0600. The van der Waals surface area contributed by atoms with Crippen LogP contribution in [0.1, 0.15) is 45.5 Å². The highest BCUT2D eigenvalue weighted by Crippen LogP contribution is 2.35. The summed E-state index contributed by atoms with van der Waals surface area (Å²) in [6, 6.07) is 15.7. The third kappa shape index (κ3) is 5.62. The highest BCUT2D eigenvalue weighted by Gasteiger charge is 2.22. The normalized spacial score (nSPS) is 14.3. The molecule has 2 aromatic carbocycles. The van der Waals surface area contributed by atoms with Crippen LogP contribution in [0, 0.1) is 25.2 Å². The van der Waals surface area contributed by atoms with Crippen LogP contribution in [0.5, 0.6) is 11.6 Å².